The van der Waals surface area contributed by atoms with Gasteiger partial charge in [-0.15, -0.1) is 10.2 Å². The number of nitrogens with one attached hydrogen (secondary N) is 1. The largest absolute Gasteiger partial charge is 0.291 e. The summed E-state index contributed by atoms with van der Waals surface area (Å²) in [4.78, 5) is 16.6. The van der Waals surface area contributed by atoms with Crippen molar-refractivity contribution in [2.24, 2.45) is 0 Å². The van der Waals surface area contributed by atoms with Crippen LogP contribution in [-0.2, 0) is 6.54 Å². The molecule has 0 bridgehead atoms. The van der Waals surface area contributed by atoms with Gasteiger partial charge in [-0.3, -0.25) is 9.36 Å². The quantitative estimate of drug-likeness (QED) is 0.752. The van der Waals surface area contributed by atoms with E-state index in [-0.39, 0.29) is 12.1 Å². The van der Waals surface area contributed by atoms with E-state index in [0.717, 1.165) is 5.56 Å². The van der Waals surface area contributed by atoms with Crippen molar-refractivity contribution in [1.82, 2.24) is 30.2 Å². The van der Waals surface area contributed by atoms with Crippen molar-refractivity contribution in [3.8, 4) is 0 Å². The highest BCUT2D eigenvalue weighted by Gasteiger charge is 2.09. The number of aromatic amines is 1. The van der Waals surface area contributed by atoms with Crippen molar-refractivity contribution in [1.29, 1.82) is 0 Å². The first-order valence-corrected chi connectivity index (χ1v) is 5.90. The van der Waals surface area contributed by atoms with E-state index in [0.29, 0.717) is 21.7 Å². The molecule has 3 aromatic rings. The number of nitrogens with zero attached hydrogens (tertiary/aromatic N) is 5. The maximum Gasteiger partial charge on any atom is 0.261 e. The van der Waals surface area contributed by atoms with Crippen LogP contribution in [0.3, 0.4) is 0 Å². The topological polar surface area (TPSA) is 89.4 Å². The van der Waals surface area contributed by atoms with Gasteiger partial charge in [0.2, 0.25) is 0 Å². The number of hydrogen-bond donors (Lipinski definition) is 1. The van der Waals surface area contributed by atoms with Crippen LogP contribution < -0.4 is 5.56 Å². The average molecular weight is 277 g/mol. The van der Waals surface area contributed by atoms with E-state index in [1.807, 2.05) is 6.92 Å². The fraction of sp³-hybridized carbons (Fsp3) is 0.182. The van der Waals surface area contributed by atoms with Crippen LogP contribution in [0, 0.1) is 6.92 Å². The first kappa shape index (κ1) is 11.8. The normalized spacial score (nSPS) is 11.1. The Morgan fingerprint density at radius 1 is 1.42 bits per heavy atom. The molecule has 0 aliphatic rings. The summed E-state index contributed by atoms with van der Waals surface area (Å²) in [5.41, 5.74) is 1.34. The van der Waals surface area contributed by atoms with E-state index >= 15 is 0 Å². The number of aryl methyl sites for hydroxylation is 1. The lowest BCUT2D eigenvalue weighted by atomic mass is 10.1. The molecule has 0 saturated heterocycles. The zero-order valence-electron chi connectivity index (χ0n) is 9.96. The number of tetrazole rings is 1. The minimum atomic E-state index is -0.180. The van der Waals surface area contributed by atoms with Crippen LogP contribution in [0.4, 0.5) is 0 Å². The molecule has 19 heavy (non-hydrogen) atoms. The predicted molar refractivity (Wildman–Crippen MR) is 69.0 cm³/mol. The number of H-pyrrole nitrogens is 1. The second-order valence-corrected chi connectivity index (χ2v) is 4.56. The summed E-state index contributed by atoms with van der Waals surface area (Å²) in [5.74, 6) is 0.419. The molecule has 7 nitrogen and oxygen atoms in total. The van der Waals surface area contributed by atoms with E-state index in [1.165, 1.54) is 10.9 Å². The average Bonchev–Trinajstić information content (AvgIpc) is 2.86. The van der Waals surface area contributed by atoms with Gasteiger partial charge in [0, 0.05) is 5.02 Å². The standard InChI is InChI=1S/C11H9ClN6O/c1-6-2-7(12)3-8-10(6)13-5-18(11(8)19)4-9-14-16-17-15-9/h2-3,5H,4H2,1H3,(H,14,15,16,17). The lowest BCUT2D eigenvalue weighted by Gasteiger charge is -2.06. The third-order valence-corrected chi connectivity index (χ3v) is 3.00. The molecule has 0 unspecified atom stereocenters. The highest BCUT2D eigenvalue weighted by atomic mass is 35.5. The summed E-state index contributed by atoms with van der Waals surface area (Å²) in [6.07, 6.45) is 1.47. The van der Waals surface area contributed by atoms with Crippen LogP contribution in [0.5, 0.6) is 0 Å². The molecule has 1 aromatic carbocycles. The van der Waals surface area contributed by atoms with E-state index in [4.69, 9.17) is 11.6 Å². The molecule has 2 heterocycles. The van der Waals surface area contributed by atoms with Crippen molar-refractivity contribution < 1.29 is 0 Å². The maximum atomic E-state index is 12.3. The fourth-order valence-corrected chi connectivity index (χ4v) is 2.19. The molecule has 8 heteroatoms. The van der Waals surface area contributed by atoms with E-state index < -0.39 is 0 Å². The number of hydrogen-bond acceptors (Lipinski definition) is 5. The summed E-state index contributed by atoms with van der Waals surface area (Å²) in [6, 6.07) is 3.39. The van der Waals surface area contributed by atoms with Gasteiger partial charge in [0.1, 0.15) is 0 Å². The molecule has 0 radical (unpaired) electrons. The SMILES string of the molecule is Cc1cc(Cl)cc2c(=O)n(Cc3nn[nH]n3)cnc12. The summed E-state index contributed by atoms with van der Waals surface area (Å²) >= 11 is 5.98. The smallest absolute Gasteiger partial charge is 0.261 e. The molecule has 0 aliphatic carbocycles. The monoisotopic (exact) mass is 276 g/mol. The Kier molecular flexibility index (Phi) is 2.75. The van der Waals surface area contributed by atoms with Crippen LogP contribution in [0.2, 0.25) is 5.02 Å². The second-order valence-electron chi connectivity index (χ2n) is 4.12. The van der Waals surface area contributed by atoms with Gasteiger partial charge in [0.15, 0.2) is 5.82 Å². The number of aromatic nitrogens is 6. The molecule has 0 saturated carbocycles. The van der Waals surface area contributed by atoms with E-state index in [9.17, 15) is 4.79 Å². The van der Waals surface area contributed by atoms with Gasteiger partial charge in [-0.2, -0.15) is 5.21 Å². The molecular formula is C11H9ClN6O. The van der Waals surface area contributed by atoms with Gasteiger partial charge in [0.25, 0.3) is 5.56 Å². The highest BCUT2D eigenvalue weighted by Crippen LogP contribution is 2.18. The third kappa shape index (κ3) is 2.08. The molecule has 0 fully saturated rings. The minimum absolute atomic E-state index is 0.180. The lowest BCUT2D eigenvalue weighted by molar-refractivity contribution is 0.708. The maximum absolute atomic E-state index is 12.3. The molecule has 0 aliphatic heterocycles. The van der Waals surface area contributed by atoms with Gasteiger partial charge in [-0.25, -0.2) is 4.98 Å². The molecule has 2 aromatic heterocycles. The zero-order valence-corrected chi connectivity index (χ0v) is 10.7. The molecule has 96 valence electrons. The van der Waals surface area contributed by atoms with E-state index in [1.54, 1.807) is 12.1 Å². The Hall–Kier alpha value is -2.28. The summed E-state index contributed by atoms with van der Waals surface area (Å²) in [5, 5.41) is 14.4. The van der Waals surface area contributed by atoms with Gasteiger partial charge in [-0.1, -0.05) is 16.8 Å². The molecule has 3 rings (SSSR count). The highest BCUT2D eigenvalue weighted by molar-refractivity contribution is 6.31. The van der Waals surface area contributed by atoms with Gasteiger partial charge < -0.3 is 0 Å². The van der Waals surface area contributed by atoms with Crippen molar-refractivity contribution >= 4 is 22.5 Å². The zero-order chi connectivity index (χ0) is 13.4. The second kappa shape index (κ2) is 4.43. The van der Waals surface area contributed by atoms with Gasteiger partial charge in [-0.05, 0) is 24.6 Å². The summed E-state index contributed by atoms with van der Waals surface area (Å²) in [6.45, 7) is 2.08. The number of halogens is 1. The first-order chi connectivity index (χ1) is 9.15. The fourth-order valence-electron chi connectivity index (χ4n) is 1.92. The summed E-state index contributed by atoms with van der Waals surface area (Å²) in [7, 11) is 0. The number of benzene rings is 1. The van der Waals surface area contributed by atoms with Crippen molar-refractivity contribution in [2.75, 3.05) is 0 Å². The Bertz CT molecular complexity index is 795. The number of rotatable bonds is 2. The van der Waals surface area contributed by atoms with Crippen LogP contribution >= 0.6 is 11.6 Å². The van der Waals surface area contributed by atoms with Gasteiger partial charge >= 0.3 is 0 Å². The van der Waals surface area contributed by atoms with Gasteiger partial charge in [0.05, 0.1) is 23.8 Å². The summed E-state index contributed by atoms with van der Waals surface area (Å²) < 4.78 is 1.42. The van der Waals surface area contributed by atoms with Crippen LogP contribution in [0.25, 0.3) is 10.9 Å². The molecule has 0 spiro atoms. The van der Waals surface area contributed by atoms with Crippen molar-refractivity contribution in [3.63, 3.8) is 0 Å². The molecule has 1 N–H and O–H groups in total. The Morgan fingerprint density at radius 2 is 2.26 bits per heavy atom. The molecule has 0 amide bonds. The Balaban J connectivity index is 2.18. The van der Waals surface area contributed by atoms with Crippen molar-refractivity contribution in [2.45, 2.75) is 13.5 Å². The predicted octanol–water partition coefficient (Wildman–Crippen LogP) is 0.920. The van der Waals surface area contributed by atoms with E-state index in [2.05, 4.69) is 25.6 Å². The lowest BCUT2D eigenvalue weighted by Crippen LogP contribution is -2.22. The van der Waals surface area contributed by atoms with Crippen LogP contribution in [-0.4, -0.2) is 30.2 Å². The Morgan fingerprint density at radius 3 is 3.00 bits per heavy atom. The minimum Gasteiger partial charge on any atom is -0.291 e. The molecular weight excluding hydrogens is 268 g/mol. The number of fused-ring (bicyclic) bond motifs is 1. The first-order valence-electron chi connectivity index (χ1n) is 5.53. The third-order valence-electron chi connectivity index (χ3n) is 2.78. The Labute approximate surface area is 112 Å². The molecule has 0 atom stereocenters. The van der Waals surface area contributed by atoms with Crippen LogP contribution in [0.1, 0.15) is 11.4 Å². The van der Waals surface area contributed by atoms with Crippen molar-refractivity contribution in [3.05, 3.63) is 45.2 Å². The van der Waals surface area contributed by atoms with Crippen LogP contribution in [0.15, 0.2) is 23.3 Å².